The fourth-order valence-electron chi connectivity index (χ4n) is 2.02. The van der Waals surface area contributed by atoms with Crippen LogP contribution in [0.2, 0.25) is 5.02 Å². The van der Waals surface area contributed by atoms with Crippen LogP contribution in [0, 0.1) is 13.8 Å². The molecule has 3 heteroatoms. The van der Waals surface area contributed by atoms with Crippen molar-refractivity contribution in [2.45, 2.75) is 50.1 Å². The minimum Gasteiger partial charge on any atom is -0.310 e. The number of hydrogen-bond acceptors (Lipinski definition) is 2. The molecule has 21 heavy (non-hydrogen) atoms. The van der Waals surface area contributed by atoms with E-state index in [0.29, 0.717) is 6.04 Å². The van der Waals surface area contributed by atoms with Gasteiger partial charge in [0.15, 0.2) is 0 Å². The lowest BCUT2D eigenvalue weighted by Gasteiger charge is -2.14. The molecule has 2 aromatic carbocycles. The van der Waals surface area contributed by atoms with Gasteiger partial charge in [-0.15, -0.1) is 0 Å². The van der Waals surface area contributed by atoms with Crippen LogP contribution in [-0.2, 0) is 6.54 Å². The zero-order valence-corrected chi connectivity index (χ0v) is 14.6. The van der Waals surface area contributed by atoms with E-state index in [2.05, 4.69) is 57.3 Å². The van der Waals surface area contributed by atoms with E-state index >= 15 is 0 Å². The minimum absolute atomic E-state index is 0.462. The highest BCUT2D eigenvalue weighted by atomic mass is 35.5. The van der Waals surface area contributed by atoms with Crippen molar-refractivity contribution in [3.05, 3.63) is 58.1 Å². The summed E-state index contributed by atoms with van der Waals surface area (Å²) in [6.07, 6.45) is 0. The van der Waals surface area contributed by atoms with Crippen molar-refractivity contribution in [1.29, 1.82) is 0 Å². The van der Waals surface area contributed by atoms with E-state index < -0.39 is 0 Å². The van der Waals surface area contributed by atoms with E-state index in [0.717, 1.165) is 16.5 Å². The van der Waals surface area contributed by atoms with Gasteiger partial charge >= 0.3 is 0 Å². The Balaban J connectivity index is 2.27. The van der Waals surface area contributed by atoms with Gasteiger partial charge in [0.05, 0.1) is 5.02 Å². The quantitative estimate of drug-likeness (QED) is 0.769. The molecule has 0 fully saturated rings. The molecule has 112 valence electrons. The summed E-state index contributed by atoms with van der Waals surface area (Å²) >= 11 is 8.16. The molecule has 0 saturated carbocycles. The summed E-state index contributed by atoms with van der Waals surface area (Å²) in [6.45, 7) is 9.43. The zero-order chi connectivity index (χ0) is 15.4. The summed E-state index contributed by atoms with van der Waals surface area (Å²) in [5, 5.41) is 4.28. The van der Waals surface area contributed by atoms with Crippen LogP contribution in [0.1, 0.15) is 30.5 Å². The predicted octanol–water partition coefficient (Wildman–Crippen LogP) is 5.61. The van der Waals surface area contributed by atoms with Crippen LogP contribution in [0.5, 0.6) is 0 Å². The lowest BCUT2D eigenvalue weighted by Crippen LogP contribution is -2.22. The highest BCUT2D eigenvalue weighted by Gasteiger charge is 2.10. The molecule has 0 spiro atoms. The topological polar surface area (TPSA) is 12.0 Å². The Hall–Kier alpha value is -0.960. The van der Waals surface area contributed by atoms with Gasteiger partial charge in [-0.3, -0.25) is 0 Å². The Morgan fingerprint density at radius 3 is 2.52 bits per heavy atom. The second kappa shape index (κ2) is 7.35. The SMILES string of the molecule is Cc1ccc(Sc2c(Cl)cccc2CNC(C)C)cc1C. The molecule has 1 nitrogen and oxygen atoms in total. The van der Waals surface area contributed by atoms with Gasteiger partial charge < -0.3 is 5.32 Å². The molecule has 0 bridgehead atoms. The molecule has 2 rings (SSSR count). The van der Waals surface area contributed by atoms with Crippen LogP contribution < -0.4 is 5.32 Å². The number of aryl methyl sites for hydroxylation is 2. The van der Waals surface area contributed by atoms with E-state index in [-0.39, 0.29) is 0 Å². The number of hydrogen-bond donors (Lipinski definition) is 1. The molecule has 0 aliphatic carbocycles. The maximum atomic E-state index is 6.42. The van der Waals surface area contributed by atoms with Gasteiger partial charge in [-0.2, -0.15) is 0 Å². The Morgan fingerprint density at radius 1 is 1.10 bits per heavy atom. The Kier molecular flexibility index (Phi) is 5.74. The lowest BCUT2D eigenvalue weighted by molar-refractivity contribution is 0.585. The smallest absolute Gasteiger partial charge is 0.0548 e. The molecular weight excluding hydrogens is 298 g/mol. The highest BCUT2D eigenvalue weighted by molar-refractivity contribution is 7.99. The van der Waals surface area contributed by atoms with Crippen LogP contribution in [0.25, 0.3) is 0 Å². The first-order valence-corrected chi connectivity index (χ1v) is 8.42. The number of nitrogens with one attached hydrogen (secondary N) is 1. The van der Waals surface area contributed by atoms with Crippen LogP contribution in [-0.4, -0.2) is 6.04 Å². The fourth-order valence-corrected chi connectivity index (χ4v) is 3.37. The van der Waals surface area contributed by atoms with Crippen LogP contribution >= 0.6 is 23.4 Å². The number of halogens is 1. The monoisotopic (exact) mass is 319 g/mol. The van der Waals surface area contributed by atoms with Crippen LogP contribution in [0.4, 0.5) is 0 Å². The van der Waals surface area contributed by atoms with Crippen molar-refractivity contribution in [3.63, 3.8) is 0 Å². The van der Waals surface area contributed by atoms with Gasteiger partial charge in [-0.05, 0) is 48.7 Å². The van der Waals surface area contributed by atoms with Gasteiger partial charge in [0.1, 0.15) is 0 Å². The maximum absolute atomic E-state index is 6.42. The largest absolute Gasteiger partial charge is 0.310 e. The number of rotatable bonds is 5. The van der Waals surface area contributed by atoms with Gasteiger partial charge in [0, 0.05) is 22.4 Å². The molecule has 0 amide bonds. The standard InChI is InChI=1S/C18H22ClNS/c1-12(2)20-11-15-6-5-7-17(19)18(15)21-16-9-8-13(3)14(4)10-16/h5-10,12,20H,11H2,1-4H3. The van der Waals surface area contributed by atoms with Crippen LogP contribution in [0.3, 0.4) is 0 Å². The van der Waals surface area contributed by atoms with Gasteiger partial charge in [0.2, 0.25) is 0 Å². The van der Waals surface area contributed by atoms with Crippen molar-refractivity contribution < 1.29 is 0 Å². The first-order valence-electron chi connectivity index (χ1n) is 7.23. The second-order valence-electron chi connectivity index (χ2n) is 5.61. The summed E-state index contributed by atoms with van der Waals surface area (Å²) in [5.74, 6) is 0. The van der Waals surface area contributed by atoms with E-state index in [1.807, 2.05) is 12.1 Å². The van der Waals surface area contributed by atoms with Crippen molar-refractivity contribution in [2.75, 3.05) is 0 Å². The Bertz CT molecular complexity index is 623. The molecule has 0 heterocycles. The molecule has 1 N–H and O–H groups in total. The van der Waals surface area contributed by atoms with E-state index in [1.54, 1.807) is 11.8 Å². The van der Waals surface area contributed by atoms with Crippen molar-refractivity contribution >= 4 is 23.4 Å². The molecule has 0 radical (unpaired) electrons. The van der Waals surface area contributed by atoms with Gasteiger partial charge in [0.25, 0.3) is 0 Å². The van der Waals surface area contributed by atoms with Crippen molar-refractivity contribution in [1.82, 2.24) is 5.32 Å². The molecular formula is C18H22ClNS. The first kappa shape index (κ1) is 16.4. The average Bonchev–Trinajstić information content (AvgIpc) is 2.43. The maximum Gasteiger partial charge on any atom is 0.0548 e. The average molecular weight is 320 g/mol. The molecule has 0 atom stereocenters. The minimum atomic E-state index is 0.462. The van der Waals surface area contributed by atoms with E-state index in [1.165, 1.54) is 21.6 Å². The second-order valence-corrected chi connectivity index (χ2v) is 7.10. The van der Waals surface area contributed by atoms with Gasteiger partial charge in [-0.25, -0.2) is 0 Å². The Morgan fingerprint density at radius 2 is 1.86 bits per heavy atom. The molecule has 0 aliphatic rings. The normalized spacial score (nSPS) is 11.1. The summed E-state index contributed by atoms with van der Waals surface area (Å²) in [5.41, 5.74) is 3.88. The third-order valence-corrected chi connectivity index (χ3v) is 5.05. The van der Waals surface area contributed by atoms with Gasteiger partial charge in [-0.1, -0.05) is 55.4 Å². The summed E-state index contributed by atoms with van der Waals surface area (Å²) in [7, 11) is 0. The van der Waals surface area contributed by atoms with E-state index in [4.69, 9.17) is 11.6 Å². The molecule has 0 saturated heterocycles. The summed E-state index contributed by atoms with van der Waals surface area (Å²) in [4.78, 5) is 2.38. The first-order chi connectivity index (χ1) is 9.97. The summed E-state index contributed by atoms with van der Waals surface area (Å²) in [6, 6.07) is 13.1. The summed E-state index contributed by atoms with van der Waals surface area (Å²) < 4.78 is 0. The fraction of sp³-hybridized carbons (Fsp3) is 0.333. The van der Waals surface area contributed by atoms with Crippen LogP contribution in [0.15, 0.2) is 46.2 Å². The molecule has 0 unspecified atom stereocenters. The zero-order valence-electron chi connectivity index (χ0n) is 13.0. The third kappa shape index (κ3) is 4.50. The third-order valence-electron chi connectivity index (χ3n) is 3.45. The molecule has 0 aromatic heterocycles. The lowest BCUT2D eigenvalue weighted by atomic mass is 10.1. The molecule has 0 aliphatic heterocycles. The Labute approximate surface area is 137 Å². The predicted molar refractivity (Wildman–Crippen MR) is 93.5 cm³/mol. The van der Waals surface area contributed by atoms with E-state index in [9.17, 15) is 0 Å². The molecule has 2 aromatic rings. The number of benzene rings is 2. The highest BCUT2D eigenvalue weighted by Crippen LogP contribution is 2.36. The van der Waals surface area contributed by atoms with Crippen molar-refractivity contribution in [2.24, 2.45) is 0 Å². The van der Waals surface area contributed by atoms with Crippen molar-refractivity contribution in [3.8, 4) is 0 Å².